The fourth-order valence-corrected chi connectivity index (χ4v) is 1.79. The highest BCUT2D eigenvalue weighted by atomic mass is 127. The van der Waals surface area contributed by atoms with Crippen LogP contribution in [0.25, 0.3) is 0 Å². The Bertz CT molecular complexity index is 120. The molecule has 0 aliphatic carbocycles. The maximum atomic E-state index is 9.25. The zero-order chi connectivity index (χ0) is 7.72. The van der Waals surface area contributed by atoms with E-state index in [-0.39, 0.29) is 12.2 Å². The average molecular weight is 258 g/mol. The fraction of sp³-hybridized carbons (Fsp3) is 1.00. The SMILES string of the molecule is C[C@H]1O[C@H](CI)[C@@H](O)C1O. The van der Waals surface area contributed by atoms with E-state index in [1.165, 1.54) is 0 Å². The van der Waals surface area contributed by atoms with Crippen molar-refractivity contribution in [3.8, 4) is 0 Å². The molecule has 0 spiro atoms. The summed E-state index contributed by atoms with van der Waals surface area (Å²) in [4.78, 5) is 0. The molecule has 1 saturated heterocycles. The Balaban J connectivity index is 2.53. The summed E-state index contributed by atoms with van der Waals surface area (Å²) in [6.07, 6.45) is -1.83. The second-order valence-electron chi connectivity index (χ2n) is 2.52. The molecule has 3 nitrogen and oxygen atoms in total. The predicted molar refractivity (Wildman–Crippen MR) is 45.2 cm³/mol. The van der Waals surface area contributed by atoms with Crippen molar-refractivity contribution < 1.29 is 14.9 Å². The third-order valence-corrected chi connectivity index (χ3v) is 2.62. The first-order valence-corrected chi connectivity index (χ1v) is 4.77. The van der Waals surface area contributed by atoms with Crippen LogP contribution in [-0.2, 0) is 4.74 Å². The standard InChI is InChI=1S/C6H11IO3/c1-3-5(8)6(9)4(2-7)10-3/h3-6,8-9H,2H2,1H3/t3-,4-,5?,6-/m1/s1. The zero-order valence-electron chi connectivity index (χ0n) is 5.70. The van der Waals surface area contributed by atoms with Crippen LogP contribution < -0.4 is 0 Å². The molecule has 1 aliphatic rings. The van der Waals surface area contributed by atoms with E-state index in [2.05, 4.69) is 22.6 Å². The quantitative estimate of drug-likeness (QED) is 0.511. The number of rotatable bonds is 1. The molecule has 2 N–H and O–H groups in total. The van der Waals surface area contributed by atoms with Crippen LogP contribution in [0.2, 0.25) is 0 Å². The maximum Gasteiger partial charge on any atom is 0.109 e. The highest BCUT2D eigenvalue weighted by Crippen LogP contribution is 2.21. The van der Waals surface area contributed by atoms with E-state index >= 15 is 0 Å². The van der Waals surface area contributed by atoms with Crippen LogP contribution in [0.4, 0.5) is 0 Å². The zero-order valence-corrected chi connectivity index (χ0v) is 7.85. The minimum atomic E-state index is -0.709. The summed E-state index contributed by atoms with van der Waals surface area (Å²) < 4.78 is 5.95. The number of alkyl halides is 1. The molecule has 0 aromatic rings. The van der Waals surface area contributed by atoms with Crippen LogP contribution in [0, 0.1) is 0 Å². The molecule has 4 heteroatoms. The van der Waals surface area contributed by atoms with Gasteiger partial charge in [0.15, 0.2) is 0 Å². The summed E-state index contributed by atoms with van der Waals surface area (Å²) in [5.41, 5.74) is 0. The van der Waals surface area contributed by atoms with Crippen LogP contribution in [0.15, 0.2) is 0 Å². The number of aliphatic hydroxyl groups is 2. The molecule has 0 amide bonds. The Labute approximate surface area is 73.5 Å². The number of aliphatic hydroxyl groups excluding tert-OH is 2. The largest absolute Gasteiger partial charge is 0.388 e. The van der Waals surface area contributed by atoms with Crippen LogP contribution >= 0.6 is 22.6 Å². The second-order valence-corrected chi connectivity index (χ2v) is 3.40. The highest BCUT2D eigenvalue weighted by molar-refractivity contribution is 14.1. The van der Waals surface area contributed by atoms with Gasteiger partial charge in [-0.1, -0.05) is 22.6 Å². The van der Waals surface area contributed by atoms with E-state index in [0.717, 1.165) is 4.43 Å². The van der Waals surface area contributed by atoms with Crippen molar-refractivity contribution in [1.29, 1.82) is 0 Å². The summed E-state index contributed by atoms with van der Waals surface area (Å²) in [6.45, 7) is 1.76. The van der Waals surface area contributed by atoms with E-state index in [4.69, 9.17) is 4.74 Å². The lowest BCUT2D eigenvalue weighted by Crippen LogP contribution is -2.32. The molecule has 1 unspecified atom stereocenters. The van der Waals surface area contributed by atoms with Crippen molar-refractivity contribution in [3.63, 3.8) is 0 Å². The molecule has 0 saturated carbocycles. The van der Waals surface area contributed by atoms with Gasteiger partial charge in [-0.05, 0) is 6.92 Å². The van der Waals surface area contributed by atoms with Crippen molar-refractivity contribution in [2.45, 2.75) is 31.3 Å². The van der Waals surface area contributed by atoms with Crippen LogP contribution in [0.5, 0.6) is 0 Å². The molecule has 1 fully saturated rings. The Morgan fingerprint density at radius 2 is 2.00 bits per heavy atom. The first-order chi connectivity index (χ1) is 4.66. The Hall–Kier alpha value is 0.610. The normalized spacial score (nSPS) is 48.0. The van der Waals surface area contributed by atoms with Gasteiger partial charge >= 0.3 is 0 Å². The molecule has 0 aromatic carbocycles. The molecule has 1 heterocycles. The summed E-state index contributed by atoms with van der Waals surface area (Å²) in [7, 11) is 0. The summed E-state index contributed by atoms with van der Waals surface area (Å²) >= 11 is 2.13. The lowest BCUT2D eigenvalue weighted by Gasteiger charge is -2.10. The molecule has 0 aromatic heterocycles. The lowest BCUT2D eigenvalue weighted by molar-refractivity contribution is 0.0308. The minimum absolute atomic E-state index is 0.189. The van der Waals surface area contributed by atoms with E-state index in [1.54, 1.807) is 6.92 Å². The minimum Gasteiger partial charge on any atom is -0.388 e. The van der Waals surface area contributed by atoms with Gasteiger partial charge in [-0.2, -0.15) is 0 Å². The fourth-order valence-electron chi connectivity index (χ4n) is 1.06. The molecule has 0 bridgehead atoms. The average Bonchev–Trinajstić information content (AvgIpc) is 2.17. The molecule has 60 valence electrons. The molecule has 10 heavy (non-hydrogen) atoms. The van der Waals surface area contributed by atoms with Gasteiger partial charge in [0.2, 0.25) is 0 Å². The van der Waals surface area contributed by atoms with Gasteiger partial charge in [-0.25, -0.2) is 0 Å². The monoisotopic (exact) mass is 258 g/mol. The van der Waals surface area contributed by atoms with Crippen molar-refractivity contribution in [2.75, 3.05) is 4.43 Å². The topological polar surface area (TPSA) is 49.7 Å². The summed E-state index contributed by atoms with van der Waals surface area (Å²) in [5, 5.41) is 18.4. The molecular formula is C6H11IO3. The van der Waals surface area contributed by atoms with Crippen molar-refractivity contribution in [1.82, 2.24) is 0 Å². The van der Waals surface area contributed by atoms with Gasteiger partial charge in [-0.3, -0.25) is 0 Å². The Kier molecular flexibility index (Phi) is 2.91. The molecular weight excluding hydrogens is 247 g/mol. The van der Waals surface area contributed by atoms with Crippen molar-refractivity contribution >= 4 is 22.6 Å². The number of hydrogen-bond donors (Lipinski definition) is 2. The number of ether oxygens (including phenoxy) is 1. The van der Waals surface area contributed by atoms with Gasteiger partial charge in [0.1, 0.15) is 12.2 Å². The first-order valence-electron chi connectivity index (χ1n) is 3.24. The van der Waals surface area contributed by atoms with Gasteiger partial charge < -0.3 is 14.9 Å². The Morgan fingerprint density at radius 3 is 2.20 bits per heavy atom. The molecule has 0 radical (unpaired) electrons. The number of halogens is 1. The Morgan fingerprint density at radius 1 is 1.40 bits per heavy atom. The van der Waals surface area contributed by atoms with Crippen LogP contribution in [0.3, 0.4) is 0 Å². The third kappa shape index (κ3) is 1.44. The predicted octanol–water partition coefficient (Wildman–Crippen LogP) is -0.0695. The number of hydrogen-bond acceptors (Lipinski definition) is 3. The second kappa shape index (κ2) is 3.34. The smallest absolute Gasteiger partial charge is 0.109 e. The van der Waals surface area contributed by atoms with Gasteiger partial charge in [0, 0.05) is 4.43 Å². The summed E-state index contributed by atoms with van der Waals surface area (Å²) in [6, 6.07) is 0. The maximum absolute atomic E-state index is 9.25. The van der Waals surface area contributed by atoms with Gasteiger partial charge in [0.05, 0.1) is 12.2 Å². The van der Waals surface area contributed by atoms with E-state index in [0.29, 0.717) is 0 Å². The highest BCUT2D eigenvalue weighted by Gasteiger charge is 2.39. The van der Waals surface area contributed by atoms with E-state index < -0.39 is 12.2 Å². The molecule has 1 aliphatic heterocycles. The third-order valence-electron chi connectivity index (χ3n) is 1.75. The lowest BCUT2D eigenvalue weighted by atomic mass is 10.1. The van der Waals surface area contributed by atoms with Gasteiger partial charge in [-0.15, -0.1) is 0 Å². The van der Waals surface area contributed by atoms with E-state index in [1.807, 2.05) is 0 Å². The van der Waals surface area contributed by atoms with Crippen LogP contribution in [0.1, 0.15) is 6.92 Å². The summed E-state index contributed by atoms with van der Waals surface area (Å²) in [5.74, 6) is 0. The van der Waals surface area contributed by atoms with Gasteiger partial charge in [0.25, 0.3) is 0 Å². The van der Waals surface area contributed by atoms with Crippen LogP contribution in [-0.4, -0.2) is 39.1 Å². The first kappa shape index (κ1) is 8.70. The molecule has 1 rings (SSSR count). The van der Waals surface area contributed by atoms with Crippen molar-refractivity contribution in [3.05, 3.63) is 0 Å². The molecule has 4 atom stereocenters. The van der Waals surface area contributed by atoms with Crippen molar-refractivity contribution in [2.24, 2.45) is 0 Å². The van der Waals surface area contributed by atoms with E-state index in [9.17, 15) is 10.2 Å².